The Hall–Kier alpha value is -5.19. The molecule has 1 aliphatic carbocycles. The molecule has 2 heterocycles. The van der Waals surface area contributed by atoms with Crippen LogP contribution in [0, 0.1) is 0 Å². The fourth-order valence-corrected chi connectivity index (χ4v) is 9.78. The molecule has 2 aromatic carbocycles. The molecular weight excluding hydrogens is 967 g/mol. The van der Waals surface area contributed by atoms with Crippen molar-refractivity contribution in [3.8, 4) is 22.5 Å². The highest BCUT2D eigenvalue weighted by atomic mass is 32.2. The first kappa shape index (κ1) is 52.8. The number of hydrogen-bond acceptors (Lipinski definition) is 15. The number of benzene rings is 3. The van der Waals surface area contributed by atoms with Crippen LogP contribution in [0.15, 0.2) is 59.0 Å². The molecule has 1 unspecified atom stereocenters. The van der Waals surface area contributed by atoms with Crippen molar-refractivity contribution in [1.29, 1.82) is 0 Å². The molecular formula is C41H50N3O19S4+. The highest BCUT2D eigenvalue weighted by Gasteiger charge is 2.34. The van der Waals surface area contributed by atoms with E-state index in [4.69, 9.17) is 13.8 Å². The van der Waals surface area contributed by atoms with Crippen molar-refractivity contribution in [2.24, 2.45) is 0 Å². The molecule has 0 aromatic heterocycles. The molecule has 1 atom stereocenters. The molecule has 0 radical (unpaired) electrons. The quantitative estimate of drug-likeness (QED) is 0.0182. The van der Waals surface area contributed by atoms with E-state index < -0.39 is 98.8 Å². The fraction of sp³-hybridized carbons (Fsp3) is 0.439. The minimum absolute atomic E-state index is 0.00975. The summed E-state index contributed by atoms with van der Waals surface area (Å²) in [7, 11) is -17.1. The van der Waals surface area contributed by atoms with Crippen molar-refractivity contribution in [2.45, 2.75) is 70.3 Å². The molecule has 1 fully saturated rings. The number of carbonyl (C=O) groups excluding carboxylic acids is 3. The summed E-state index contributed by atoms with van der Waals surface area (Å²) in [5, 5.41) is 15.0. The number of unbranched alkanes of at least 4 members (excludes halogenated alkanes) is 3. The van der Waals surface area contributed by atoms with Gasteiger partial charge in [0.25, 0.3) is 52.3 Å². The Balaban J connectivity index is 1.69. The second-order valence-electron chi connectivity index (χ2n) is 15.8. The first-order chi connectivity index (χ1) is 31.3. The van der Waals surface area contributed by atoms with Crippen molar-refractivity contribution in [3.63, 3.8) is 0 Å². The van der Waals surface area contributed by atoms with Crippen LogP contribution >= 0.6 is 0 Å². The molecule has 2 aliphatic heterocycles. The number of carbonyl (C=O) groups is 4. The summed E-state index contributed by atoms with van der Waals surface area (Å²) < 4.78 is 137. The van der Waals surface area contributed by atoms with Gasteiger partial charge in [0.1, 0.15) is 24.4 Å². The lowest BCUT2D eigenvalue weighted by Crippen LogP contribution is -2.32. The van der Waals surface area contributed by atoms with Gasteiger partial charge in [-0.1, -0.05) is 18.2 Å². The molecule has 0 saturated carbocycles. The van der Waals surface area contributed by atoms with Crippen LogP contribution in [-0.4, -0.2) is 128 Å². The maximum absolute atomic E-state index is 13.2. The topological polar surface area (TPSA) is 347 Å². The van der Waals surface area contributed by atoms with E-state index in [0.29, 0.717) is 38.9 Å². The Kier molecular flexibility index (Phi) is 17.5. The Morgan fingerprint density at radius 1 is 0.687 bits per heavy atom. The van der Waals surface area contributed by atoms with Gasteiger partial charge in [0.2, 0.25) is 5.36 Å². The molecule has 5 rings (SSSR count). The van der Waals surface area contributed by atoms with Crippen molar-refractivity contribution in [1.82, 2.24) is 15.0 Å². The zero-order chi connectivity index (χ0) is 49.3. The summed E-state index contributed by atoms with van der Waals surface area (Å²) in [4.78, 5) is 55.5. The summed E-state index contributed by atoms with van der Waals surface area (Å²) in [6.07, 6.45) is 0.846. The molecule has 0 bridgehead atoms. The molecule has 366 valence electrons. The van der Waals surface area contributed by atoms with Gasteiger partial charge < -0.3 is 19.7 Å². The average molecular weight is 1020 g/mol. The molecule has 6 N–H and O–H groups in total. The number of carboxylic acid groups (broad SMARTS) is 1. The molecule has 26 heteroatoms. The minimum atomic E-state index is -4.34. The standard InChI is InChI=1S/C41H49N3O19S4/c45-37-15-16-38(46)44(37)63-41(49)28-10-12-30(33(24-28)40(47)48)39-31-13-9-27(34(8-7-23-67(59,60)61)42-17-1-4-20-64(50,51)52)25-35(31)62-36-26-29(11-14-32(36)39)43(18-2-5-21-65(53,54)55)19-3-6-22-66(56,57)58/h9-14,24-26,34,42H,1-8,15-23H2,(H4-,47,48,50,51,52,53,54,55,56,57,58,59,60,61)/p+1. The molecule has 2 aromatic rings. The summed E-state index contributed by atoms with van der Waals surface area (Å²) in [6.45, 7) is 0.649. The van der Waals surface area contributed by atoms with E-state index in [1.165, 1.54) is 12.1 Å². The number of aromatic carboxylic acids is 1. The average Bonchev–Trinajstić information content (AvgIpc) is 3.54. The van der Waals surface area contributed by atoms with E-state index in [2.05, 4.69) is 5.32 Å². The first-order valence-electron chi connectivity index (χ1n) is 20.9. The zero-order valence-electron chi connectivity index (χ0n) is 35.8. The molecule has 22 nitrogen and oxygen atoms in total. The largest absolute Gasteiger partial charge is 0.478 e. The Labute approximate surface area is 385 Å². The second kappa shape index (κ2) is 22.3. The Bertz CT molecular complexity index is 2970. The summed E-state index contributed by atoms with van der Waals surface area (Å²) >= 11 is 0. The monoisotopic (exact) mass is 1020 g/mol. The number of nitrogens with zero attached hydrogens (tertiary/aromatic N) is 2. The number of rotatable bonds is 25. The molecule has 67 heavy (non-hydrogen) atoms. The maximum Gasteiger partial charge on any atom is 0.363 e. The van der Waals surface area contributed by atoms with Gasteiger partial charge in [-0.3, -0.25) is 27.8 Å². The van der Waals surface area contributed by atoms with Crippen LogP contribution in [0.25, 0.3) is 33.4 Å². The highest BCUT2D eigenvalue weighted by Crippen LogP contribution is 2.42. The van der Waals surface area contributed by atoms with Gasteiger partial charge in [0.15, 0.2) is 0 Å². The van der Waals surface area contributed by atoms with E-state index in [9.17, 15) is 71.6 Å². The smallest absolute Gasteiger partial charge is 0.363 e. The lowest BCUT2D eigenvalue weighted by atomic mass is 9.89. The third kappa shape index (κ3) is 16.0. The van der Waals surface area contributed by atoms with E-state index >= 15 is 0 Å². The van der Waals surface area contributed by atoms with Gasteiger partial charge in [0.05, 0.1) is 40.2 Å². The number of hydrogen-bond donors (Lipinski definition) is 6. The molecule has 2 amide bonds. The van der Waals surface area contributed by atoms with Gasteiger partial charge in [-0.15, -0.1) is 5.06 Å². The van der Waals surface area contributed by atoms with E-state index in [-0.39, 0.29) is 99.9 Å². The van der Waals surface area contributed by atoms with Crippen LogP contribution in [0.1, 0.15) is 96.5 Å². The first-order valence-corrected chi connectivity index (χ1v) is 27.3. The van der Waals surface area contributed by atoms with Crippen LogP contribution < -0.4 is 15.2 Å². The Morgan fingerprint density at radius 3 is 1.81 bits per heavy atom. The lowest BCUT2D eigenvalue weighted by molar-refractivity contribution is -0.172. The van der Waals surface area contributed by atoms with E-state index in [1.54, 1.807) is 41.0 Å². The van der Waals surface area contributed by atoms with Crippen molar-refractivity contribution in [3.05, 3.63) is 76.6 Å². The predicted octanol–water partition coefficient (Wildman–Crippen LogP) is 3.20. The molecule has 0 spiro atoms. The third-order valence-electron chi connectivity index (χ3n) is 10.7. The maximum atomic E-state index is 13.2. The van der Waals surface area contributed by atoms with Gasteiger partial charge in [0, 0.05) is 54.3 Å². The summed E-state index contributed by atoms with van der Waals surface area (Å²) in [6, 6.07) is 12.8. The number of nitrogens with one attached hydrogen (secondary N) is 1. The normalized spacial score (nSPS) is 14.2. The summed E-state index contributed by atoms with van der Waals surface area (Å²) in [5.41, 5.74) is 0.733. The van der Waals surface area contributed by atoms with Crippen molar-refractivity contribution < 1.29 is 85.4 Å². The van der Waals surface area contributed by atoms with Gasteiger partial charge in [-0.25, -0.2) is 14.2 Å². The summed E-state index contributed by atoms with van der Waals surface area (Å²) in [5.74, 6) is -6.07. The number of fused-ring (bicyclic) bond motifs is 2. The van der Waals surface area contributed by atoms with Gasteiger partial charge in [-0.2, -0.15) is 33.7 Å². The van der Waals surface area contributed by atoms with Gasteiger partial charge in [-0.05, 0) is 80.5 Å². The Morgan fingerprint density at radius 2 is 1.24 bits per heavy atom. The SMILES string of the molecule is O=C(ON1C(=O)CCC1=O)c1ccc(-c2c3ccc(=[N+](CCCCS(=O)(=O)O)CCCCS(=O)(=O)O)cc-3oc3cc(C(CCCS(=O)(=O)O)NCCCCS(=O)(=O)O)ccc23)c(C(=O)O)c1. The van der Waals surface area contributed by atoms with Crippen molar-refractivity contribution in [2.75, 3.05) is 42.6 Å². The lowest BCUT2D eigenvalue weighted by Gasteiger charge is -2.21. The molecule has 1 saturated heterocycles. The van der Waals surface area contributed by atoms with E-state index in [1.807, 2.05) is 0 Å². The number of amides is 2. The number of imide groups is 1. The van der Waals surface area contributed by atoms with Crippen molar-refractivity contribution >= 4 is 75.2 Å². The number of hydroxylamine groups is 2. The van der Waals surface area contributed by atoms with Crippen LogP contribution in [0.4, 0.5) is 0 Å². The third-order valence-corrected chi connectivity index (χ3v) is 13.9. The zero-order valence-corrected chi connectivity index (χ0v) is 39.0. The fourth-order valence-electron chi connectivity index (χ4n) is 7.55. The highest BCUT2D eigenvalue weighted by molar-refractivity contribution is 7.86. The number of carboxylic acids is 1. The van der Waals surface area contributed by atoms with Gasteiger partial charge >= 0.3 is 11.9 Å². The predicted molar refractivity (Wildman–Crippen MR) is 240 cm³/mol. The van der Waals surface area contributed by atoms with Crippen LogP contribution in [0.2, 0.25) is 0 Å². The second-order valence-corrected chi connectivity index (χ2v) is 22.1. The van der Waals surface area contributed by atoms with Crippen LogP contribution in [0.5, 0.6) is 0 Å². The minimum Gasteiger partial charge on any atom is -0.478 e. The van der Waals surface area contributed by atoms with E-state index in [0.717, 1.165) is 6.07 Å². The van der Waals surface area contributed by atoms with Crippen LogP contribution in [0.3, 0.4) is 0 Å². The van der Waals surface area contributed by atoms with Crippen LogP contribution in [-0.2, 0) is 54.9 Å². The molecule has 3 aliphatic rings.